The van der Waals surface area contributed by atoms with E-state index in [1.807, 2.05) is 0 Å². The van der Waals surface area contributed by atoms with Crippen molar-refractivity contribution >= 4 is 17.6 Å². The number of hydrogen-bond acceptors (Lipinski definition) is 4. The van der Waals surface area contributed by atoms with Crippen molar-refractivity contribution in [1.29, 1.82) is 0 Å². The van der Waals surface area contributed by atoms with Crippen molar-refractivity contribution in [1.82, 2.24) is 0 Å². The molecule has 0 aromatic heterocycles. The van der Waals surface area contributed by atoms with Crippen molar-refractivity contribution in [2.75, 3.05) is 19.5 Å². The molecule has 0 fully saturated rings. The Hall–Kier alpha value is -2.82. The molecule has 2 aromatic carbocycles. The molecule has 0 radical (unpaired) electrons. The Labute approximate surface area is 122 Å². The number of carbonyl (C=O) groups excluding carboxylic acids is 2. The van der Waals surface area contributed by atoms with Gasteiger partial charge in [-0.3, -0.25) is 4.79 Å². The molecule has 0 bridgehead atoms. The Morgan fingerprint density at radius 2 is 1.43 bits per heavy atom. The first-order valence-corrected chi connectivity index (χ1v) is 6.28. The minimum atomic E-state index is -0.433. The molecule has 0 aliphatic rings. The summed E-state index contributed by atoms with van der Waals surface area (Å²) in [4.78, 5) is 23.4. The Morgan fingerprint density at radius 1 is 0.857 bits per heavy atom. The van der Waals surface area contributed by atoms with Crippen LogP contribution in [0.1, 0.15) is 20.7 Å². The van der Waals surface area contributed by atoms with Gasteiger partial charge < -0.3 is 14.8 Å². The van der Waals surface area contributed by atoms with E-state index >= 15 is 0 Å². The molecule has 1 N–H and O–H groups in total. The van der Waals surface area contributed by atoms with E-state index in [1.165, 1.54) is 7.11 Å². The van der Waals surface area contributed by atoms with Crippen molar-refractivity contribution in [3.63, 3.8) is 0 Å². The summed E-state index contributed by atoms with van der Waals surface area (Å²) in [6, 6.07) is 13.3. The molecular formula is C16H15NO4. The summed E-state index contributed by atoms with van der Waals surface area (Å²) in [6.45, 7) is 0. The number of methoxy groups -OCH3 is 2. The van der Waals surface area contributed by atoms with Crippen LogP contribution in [-0.4, -0.2) is 26.1 Å². The zero-order valence-corrected chi connectivity index (χ0v) is 11.8. The molecule has 108 valence electrons. The molecule has 1 amide bonds. The first kappa shape index (κ1) is 14.6. The number of nitrogens with one attached hydrogen (secondary N) is 1. The van der Waals surface area contributed by atoms with Crippen molar-refractivity contribution in [3.8, 4) is 5.75 Å². The summed E-state index contributed by atoms with van der Waals surface area (Å²) >= 11 is 0. The largest absolute Gasteiger partial charge is 0.497 e. The van der Waals surface area contributed by atoms with Crippen LogP contribution in [0.3, 0.4) is 0 Å². The lowest BCUT2D eigenvalue weighted by Gasteiger charge is -2.07. The molecule has 2 aromatic rings. The van der Waals surface area contributed by atoms with Gasteiger partial charge in [-0.25, -0.2) is 4.79 Å². The number of ether oxygens (including phenoxy) is 2. The molecule has 5 heteroatoms. The number of carbonyl (C=O) groups is 2. The lowest BCUT2D eigenvalue weighted by atomic mass is 10.1. The normalized spacial score (nSPS) is 9.81. The first-order chi connectivity index (χ1) is 10.1. The lowest BCUT2D eigenvalue weighted by molar-refractivity contribution is 0.0600. The van der Waals surface area contributed by atoms with Gasteiger partial charge in [-0.05, 0) is 48.5 Å². The molecule has 0 aliphatic carbocycles. The van der Waals surface area contributed by atoms with Gasteiger partial charge in [-0.1, -0.05) is 0 Å². The zero-order valence-electron chi connectivity index (χ0n) is 11.8. The van der Waals surface area contributed by atoms with Gasteiger partial charge in [0.2, 0.25) is 0 Å². The second-order valence-corrected chi connectivity index (χ2v) is 4.25. The highest BCUT2D eigenvalue weighted by Crippen LogP contribution is 2.16. The molecule has 5 nitrogen and oxygen atoms in total. The fourth-order valence-corrected chi connectivity index (χ4v) is 1.75. The van der Waals surface area contributed by atoms with Crippen LogP contribution in [0.5, 0.6) is 5.75 Å². The predicted octanol–water partition coefficient (Wildman–Crippen LogP) is 2.73. The second kappa shape index (κ2) is 6.56. The number of benzene rings is 2. The smallest absolute Gasteiger partial charge is 0.337 e. The van der Waals surface area contributed by atoms with Gasteiger partial charge in [0.05, 0.1) is 19.8 Å². The SMILES string of the molecule is COC(=O)c1ccc(C(=O)Nc2ccc(OC)cc2)cc1. The van der Waals surface area contributed by atoms with E-state index in [9.17, 15) is 9.59 Å². The molecule has 0 spiro atoms. The van der Waals surface area contributed by atoms with Crippen LogP contribution in [0.15, 0.2) is 48.5 Å². The molecular weight excluding hydrogens is 270 g/mol. The third-order valence-electron chi connectivity index (χ3n) is 2.92. The molecule has 0 aliphatic heterocycles. The standard InChI is InChI=1S/C16H15NO4/c1-20-14-9-7-13(8-10-14)17-15(18)11-3-5-12(6-4-11)16(19)21-2/h3-10H,1-2H3,(H,17,18). The van der Waals surface area contributed by atoms with E-state index in [0.29, 0.717) is 16.8 Å². The highest BCUT2D eigenvalue weighted by molar-refractivity contribution is 6.04. The van der Waals surface area contributed by atoms with Crippen LogP contribution in [0.2, 0.25) is 0 Å². The molecule has 0 unspecified atom stereocenters. The Bertz CT molecular complexity index is 632. The van der Waals surface area contributed by atoms with E-state index in [-0.39, 0.29) is 5.91 Å². The summed E-state index contributed by atoms with van der Waals surface area (Å²) in [5.41, 5.74) is 1.52. The van der Waals surface area contributed by atoms with Gasteiger partial charge in [-0.15, -0.1) is 0 Å². The monoisotopic (exact) mass is 285 g/mol. The van der Waals surface area contributed by atoms with Crippen LogP contribution in [0.4, 0.5) is 5.69 Å². The van der Waals surface area contributed by atoms with Gasteiger partial charge >= 0.3 is 5.97 Å². The molecule has 0 heterocycles. The van der Waals surface area contributed by atoms with E-state index in [0.717, 1.165) is 5.75 Å². The van der Waals surface area contributed by atoms with Crippen molar-refractivity contribution < 1.29 is 19.1 Å². The van der Waals surface area contributed by atoms with Crippen molar-refractivity contribution in [2.45, 2.75) is 0 Å². The van der Waals surface area contributed by atoms with Gasteiger partial charge in [0.25, 0.3) is 5.91 Å². The number of esters is 1. The molecule has 21 heavy (non-hydrogen) atoms. The number of amides is 1. The lowest BCUT2D eigenvalue weighted by Crippen LogP contribution is -2.12. The van der Waals surface area contributed by atoms with Gasteiger partial charge in [0, 0.05) is 11.3 Å². The average molecular weight is 285 g/mol. The number of hydrogen-bond donors (Lipinski definition) is 1. The van der Waals surface area contributed by atoms with Crippen LogP contribution in [0.25, 0.3) is 0 Å². The van der Waals surface area contributed by atoms with Gasteiger partial charge in [-0.2, -0.15) is 0 Å². The van der Waals surface area contributed by atoms with E-state index in [4.69, 9.17) is 4.74 Å². The number of rotatable bonds is 4. The zero-order chi connectivity index (χ0) is 15.2. The van der Waals surface area contributed by atoms with Gasteiger partial charge in [0.15, 0.2) is 0 Å². The second-order valence-electron chi connectivity index (χ2n) is 4.25. The summed E-state index contributed by atoms with van der Waals surface area (Å²) in [6.07, 6.45) is 0. The number of anilines is 1. The summed E-state index contributed by atoms with van der Waals surface area (Å²) in [5.74, 6) is 0.0316. The molecule has 0 saturated heterocycles. The molecule has 0 atom stereocenters. The maximum Gasteiger partial charge on any atom is 0.337 e. The van der Waals surface area contributed by atoms with E-state index in [1.54, 1.807) is 55.6 Å². The van der Waals surface area contributed by atoms with Gasteiger partial charge in [0.1, 0.15) is 5.75 Å². The summed E-state index contributed by atoms with van der Waals surface area (Å²) in [7, 11) is 2.89. The summed E-state index contributed by atoms with van der Waals surface area (Å²) < 4.78 is 9.65. The van der Waals surface area contributed by atoms with E-state index in [2.05, 4.69) is 10.1 Å². The molecule has 0 saturated carbocycles. The maximum atomic E-state index is 12.1. The van der Waals surface area contributed by atoms with E-state index < -0.39 is 5.97 Å². The average Bonchev–Trinajstić information content (AvgIpc) is 2.55. The van der Waals surface area contributed by atoms with Crippen LogP contribution in [-0.2, 0) is 4.74 Å². The Kier molecular flexibility index (Phi) is 4.56. The maximum absolute atomic E-state index is 12.1. The quantitative estimate of drug-likeness (QED) is 0.877. The Balaban J connectivity index is 2.07. The van der Waals surface area contributed by atoms with Crippen molar-refractivity contribution in [2.24, 2.45) is 0 Å². The third kappa shape index (κ3) is 3.60. The van der Waals surface area contributed by atoms with Crippen molar-refractivity contribution in [3.05, 3.63) is 59.7 Å². The molecule has 2 rings (SSSR count). The van der Waals surface area contributed by atoms with Crippen LogP contribution >= 0.6 is 0 Å². The van der Waals surface area contributed by atoms with Crippen LogP contribution < -0.4 is 10.1 Å². The fraction of sp³-hybridized carbons (Fsp3) is 0.125. The highest BCUT2D eigenvalue weighted by atomic mass is 16.5. The third-order valence-corrected chi connectivity index (χ3v) is 2.92. The topological polar surface area (TPSA) is 64.6 Å². The van der Waals surface area contributed by atoms with Crippen LogP contribution in [0, 0.1) is 0 Å². The minimum Gasteiger partial charge on any atom is -0.497 e. The first-order valence-electron chi connectivity index (χ1n) is 6.28. The fourth-order valence-electron chi connectivity index (χ4n) is 1.75. The predicted molar refractivity (Wildman–Crippen MR) is 78.7 cm³/mol. The highest BCUT2D eigenvalue weighted by Gasteiger charge is 2.09. The minimum absolute atomic E-state index is 0.253. The Morgan fingerprint density at radius 3 is 1.95 bits per heavy atom. The summed E-state index contributed by atoms with van der Waals surface area (Å²) in [5, 5.41) is 2.76.